The van der Waals surface area contributed by atoms with Crippen LogP contribution in [0.3, 0.4) is 0 Å². The molecule has 0 saturated heterocycles. The Kier molecular flexibility index (Phi) is 6.96. The smallest absolute Gasteiger partial charge is 0.319 e. The number of carbonyl (C=O) groups is 1. The second-order valence-corrected chi connectivity index (χ2v) is 9.37. The highest BCUT2D eigenvalue weighted by atomic mass is 79.9. The van der Waals surface area contributed by atoms with Crippen LogP contribution >= 0.6 is 15.9 Å². The minimum Gasteiger partial charge on any atom is -0.377 e. The fourth-order valence-corrected chi connectivity index (χ4v) is 4.69. The first-order valence-electron chi connectivity index (χ1n) is 9.28. The molecule has 0 bridgehead atoms. The highest BCUT2D eigenvalue weighted by Gasteiger charge is 2.18. The molecule has 3 aromatic rings. The van der Waals surface area contributed by atoms with E-state index in [0.29, 0.717) is 11.1 Å². The molecule has 0 unspecified atom stereocenters. The van der Waals surface area contributed by atoms with Crippen molar-refractivity contribution in [3.8, 4) is 0 Å². The van der Waals surface area contributed by atoms with Gasteiger partial charge in [0.15, 0.2) is 0 Å². The van der Waals surface area contributed by atoms with Crippen molar-refractivity contribution >= 4 is 54.1 Å². The number of rotatable bonds is 7. The SMILES string of the molecule is CN(C)c1cccc2c(S(=O)(=O)NCCNC(=O)Nc3ccccc3Br)cccc12. The molecule has 30 heavy (non-hydrogen) atoms. The largest absolute Gasteiger partial charge is 0.377 e. The Morgan fingerprint density at radius 1 is 0.933 bits per heavy atom. The number of nitrogens with one attached hydrogen (secondary N) is 3. The van der Waals surface area contributed by atoms with E-state index in [4.69, 9.17) is 0 Å². The van der Waals surface area contributed by atoms with E-state index in [1.54, 1.807) is 30.3 Å². The van der Waals surface area contributed by atoms with Gasteiger partial charge in [0.25, 0.3) is 0 Å². The van der Waals surface area contributed by atoms with Crippen LogP contribution in [-0.4, -0.2) is 41.6 Å². The van der Waals surface area contributed by atoms with E-state index in [0.717, 1.165) is 15.5 Å². The number of nitrogens with zero attached hydrogens (tertiary/aromatic N) is 1. The molecule has 3 N–H and O–H groups in total. The van der Waals surface area contributed by atoms with Crippen LogP contribution in [0, 0.1) is 0 Å². The average molecular weight is 491 g/mol. The summed E-state index contributed by atoms with van der Waals surface area (Å²) >= 11 is 3.36. The maximum atomic E-state index is 12.8. The van der Waals surface area contributed by atoms with E-state index >= 15 is 0 Å². The summed E-state index contributed by atoms with van der Waals surface area (Å²) in [7, 11) is 0.0905. The van der Waals surface area contributed by atoms with Gasteiger partial charge in [0.1, 0.15) is 0 Å². The molecule has 0 aliphatic rings. The van der Waals surface area contributed by atoms with Gasteiger partial charge in [-0.2, -0.15) is 0 Å². The summed E-state index contributed by atoms with van der Waals surface area (Å²) in [6.45, 7) is 0.207. The highest BCUT2D eigenvalue weighted by molar-refractivity contribution is 9.10. The summed E-state index contributed by atoms with van der Waals surface area (Å²) in [5, 5.41) is 6.85. The molecule has 3 aromatic carbocycles. The molecular formula is C21H23BrN4O3S. The zero-order valence-electron chi connectivity index (χ0n) is 16.6. The van der Waals surface area contributed by atoms with E-state index in [9.17, 15) is 13.2 Å². The molecule has 0 aliphatic carbocycles. The summed E-state index contributed by atoms with van der Waals surface area (Å²) in [5.41, 5.74) is 1.57. The first-order valence-corrected chi connectivity index (χ1v) is 11.6. The predicted molar refractivity (Wildman–Crippen MR) is 125 cm³/mol. The molecule has 7 nitrogen and oxygen atoms in total. The Bertz CT molecular complexity index is 1170. The Hall–Kier alpha value is -2.62. The van der Waals surface area contributed by atoms with Gasteiger partial charge in [0.05, 0.1) is 10.6 Å². The van der Waals surface area contributed by atoms with E-state index in [2.05, 4.69) is 31.3 Å². The van der Waals surface area contributed by atoms with Crippen molar-refractivity contribution in [2.45, 2.75) is 4.90 Å². The Morgan fingerprint density at radius 3 is 2.37 bits per heavy atom. The Morgan fingerprint density at radius 2 is 1.63 bits per heavy atom. The molecule has 9 heteroatoms. The van der Waals surface area contributed by atoms with Crippen LogP contribution < -0.4 is 20.3 Å². The van der Waals surface area contributed by atoms with Gasteiger partial charge >= 0.3 is 6.03 Å². The summed E-state index contributed by atoms with van der Waals surface area (Å²) in [4.78, 5) is 14.2. The minimum absolute atomic E-state index is 0.0650. The molecule has 0 spiro atoms. The molecule has 0 fully saturated rings. The van der Waals surface area contributed by atoms with Crippen LogP contribution in [-0.2, 0) is 10.0 Å². The third-order valence-corrected chi connectivity index (χ3v) is 6.67. The van der Waals surface area contributed by atoms with E-state index in [-0.39, 0.29) is 18.0 Å². The lowest BCUT2D eigenvalue weighted by atomic mass is 10.1. The van der Waals surface area contributed by atoms with Gasteiger partial charge in [-0.05, 0) is 40.2 Å². The lowest BCUT2D eigenvalue weighted by Gasteiger charge is -2.17. The van der Waals surface area contributed by atoms with Crippen molar-refractivity contribution in [3.05, 3.63) is 65.1 Å². The van der Waals surface area contributed by atoms with E-state index < -0.39 is 16.1 Å². The molecule has 0 aromatic heterocycles. The topological polar surface area (TPSA) is 90.5 Å². The van der Waals surface area contributed by atoms with E-state index in [1.807, 2.05) is 49.3 Å². The van der Waals surface area contributed by atoms with Crippen LogP contribution in [0.1, 0.15) is 0 Å². The number of halogens is 1. The van der Waals surface area contributed by atoms with Gasteiger partial charge in [0, 0.05) is 48.1 Å². The first-order chi connectivity index (χ1) is 14.3. The van der Waals surface area contributed by atoms with Crippen molar-refractivity contribution in [2.75, 3.05) is 37.4 Å². The lowest BCUT2D eigenvalue weighted by molar-refractivity contribution is 0.252. The predicted octanol–water partition coefficient (Wildman–Crippen LogP) is 3.77. The molecular weight excluding hydrogens is 468 g/mol. The van der Waals surface area contributed by atoms with Gasteiger partial charge < -0.3 is 15.5 Å². The summed E-state index contributed by atoms with van der Waals surface area (Å²) in [5.74, 6) is 0. The maximum absolute atomic E-state index is 12.8. The number of para-hydroxylation sites is 1. The van der Waals surface area contributed by atoms with Gasteiger partial charge in [-0.15, -0.1) is 0 Å². The number of anilines is 2. The monoisotopic (exact) mass is 490 g/mol. The summed E-state index contributed by atoms with van der Waals surface area (Å²) < 4.78 is 29.0. The van der Waals surface area contributed by atoms with Crippen molar-refractivity contribution < 1.29 is 13.2 Å². The number of amides is 2. The number of sulfonamides is 1. The molecule has 2 amide bonds. The third-order valence-electron chi connectivity index (χ3n) is 4.46. The molecule has 158 valence electrons. The number of fused-ring (bicyclic) bond motifs is 1. The lowest BCUT2D eigenvalue weighted by Crippen LogP contribution is -2.36. The van der Waals surface area contributed by atoms with Gasteiger partial charge in [-0.25, -0.2) is 17.9 Å². The zero-order chi connectivity index (χ0) is 21.7. The number of benzene rings is 3. The van der Waals surface area contributed by atoms with Crippen LogP contribution in [0.5, 0.6) is 0 Å². The van der Waals surface area contributed by atoms with Crippen LogP contribution in [0.25, 0.3) is 10.8 Å². The molecule has 0 aliphatic heterocycles. The average Bonchev–Trinajstić information content (AvgIpc) is 2.72. The van der Waals surface area contributed by atoms with Crippen LogP contribution in [0.15, 0.2) is 70.0 Å². The fraction of sp³-hybridized carbons (Fsp3) is 0.190. The molecule has 0 saturated carbocycles. The standard InChI is InChI=1S/C21H23BrN4O3S/c1-26(2)19-11-5-8-16-15(19)7-6-12-20(16)30(28,29)24-14-13-23-21(27)25-18-10-4-3-9-17(18)22/h3-12,24H,13-14H2,1-2H3,(H2,23,25,27). The quantitative estimate of drug-likeness (QED) is 0.439. The normalized spacial score (nSPS) is 11.3. The summed E-state index contributed by atoms with van der Waals surface area (Å²) in [6, 6.07) is 17.6. The molecule has 3 rings (SSSR count). The van der Waals surface area contributed by atoms with Crippen molar-refractivity contribution in [1.82, 2.24) is 10.0 Å². The first kappa shape index (κ1) is 22.1. The van der Waals surface area contributed by atoms with Gasteiger partial charge in [-0.3, -0.25) is 0 Å². The van der Waals surface area contributed by atoms with Gasteiger partial charge in [-0.1, -0.05) is 36.4 Å². The van der Waals surface area contributed by atoms with Crippen molar-refractivity contribution in [3.63, 3.8) is 0 Å². The molecule has 0 radical (unpaired) electrons. The second kappa shape index (κ2) is 9.46. The Labute approximate surface area is 184 Å². The second-order valence-electron chi connectivity index (χ2n) is 6.78. The van der Waals surface area contributed by atoms with Gasteiger partial charge in [0.2, 0.25) is 10.0 Å². The number of urea groups is 1. The van der Waals surface area contributed by atoms with Crippen LogP contribution in [0.4, 0.5) is 16.2 Å². The molecule has 0 heterocycles. The van der Waals surface area contributed by atoms with Crippen LogP contribution in [0.2, 0.25) is 0 Å². The van der Waals surface area contributed by atoms with Crippen molar-refractivity contribution in [1.29, 1.82) is 0 Å². The number of hydrogen-bond acceptors (Lipinski definition) is 4. The third kappa shape index (κ3) is 5.10. The maximum Gasteiger partial charge on any atom is 0.319 e. The fourth-order valence-electron chi connectivity index (χ4n) is 3.06. The van der Waals surface area contributed by atoms with E-state index in [1.165, 1.54) is 0 Å². The number of carbonyl (C=O) groups excluding carboxylic acids is 1. The zero-order valence-corrected chi connectivity index (χ0v) is 19.0. The minimum atomic E-state index is -3.74. The highest BCUT2D eigenvalue weighted by Crippen LogP contribution is 2.30. The number of hydrogen-bond donors (Lipinski definition) is 3. The summed E-state index contributed by atoms with van der Waals surface area (Å²) in [6.07, 6.45) is 0. The molecule has 0 atom stereocenters. The van der Waals surface area contributed by atoms with Crippen molar-refractivity contribution in [2.24, 2.45) is 0 Å². The Balaban J connectivity index is 1.64.